The molecule has 0 saturated carbocycles. The number of carbonyl (C=O) groups excluding carboxylic acids is 3. The summed E-state index contributed by atoms with van der Waals surface area (Å²) in [5, 5.41) is 50.5. The molecular formula is C46H62N4O11. The average molecular weight is 847 g/mol. The van der Waals surface area contributed by atoms with E-state index in [9.17, 15) is 34.8 Å². The number of Topliss-reactive ketones (excluding diaryl/α,β-unsaturated/α-hetero) is 1. The first kappa shape index (κ1) is 45.7. The largest absolute Gasteiger partial charge is 0.507 e. The number of aliphatic hydroxyl groups is 2. The first-order valence-corrected chi connectivity index (χ1v) is 21.2. The van der Waals surface area contributed by atoms with E-state index in [2.05, 4.69) is 29.1 Å². The van der Waals surface area contributed by atoms with Crippen LogP contribution >= 0.6 is 0 Å². The van der Waals surface area contributed by atoms with Crippen molar-refractivity contribution < 1.29 is 53.8 Å². The molecule has 4 aliphatic heterocycles. The van der Waals surface area contributed by atoms with Crippen LogP contribution in [0.5, 0.6) is 17.2 Å². The molecule has 4 heterocycles. The first-order chi connectivity index (χ1) is 28.6. The summed E-state index contributed by atoms with van der Waals surface area (Å²) in [6.07, 6.45) is 5.07. The summed E-state index contributed by atoms with van der Waals surface area (Å²) in [7, 11) is 1.47. The third-order valence-electron chi connectivity index (χ3n) is 12.9. The lowest BCUT2D eigenvalue weighted by molar-refractivity contribution is -0.160. The van der Waals surface area contributed by atoms with Gasteiger partial charge in [0.2, 0.25) is 0 Å². The molecule has 0 unspecified atom stereocenters. The van der Waals surface area contributed by atoms with Gasteiger partial charge >= 0.3 is 11.8 Å². The van der Waals surface area contributed by atoms with Crippen molar-refractivity contribution in [2.75, 3.05) is 32.1 Å². The highest BCUT2D eigenvalue weighted by Gasteiger charge is 2.51. The van der Waals surface area contributed by atoms with Crippen molar-refractivity contribution in [3.63, 3.8) is 0 Å². The number of benzene rings is 2. The molecular weight excluding hydrogens is 785 g/mol. The molecule has 2 aromatic carbocycles. The lowest BCUT2D eigenvalue weighted by atomic mass is 9.78. The number of ether oxygens (including phenoxy) is 4. The second kappa shape index (κ2) is 17.5. The second-order valence-electron chi connectivity index (χ2n) is 18.0. The number of piperidine rings is 1. The maximum atomic E-state index is 14.7. The standard InChI is InChI=1S/C46H62N4O11/c1-22(2)21-50-18-16-46(17-19-50)48-34-31-32-39(54)28(8)42-33(31)43(56)45(10,61-42)59-20-15-30(58-11)25(5)41(60-29(9)51)27(7)38(53)26(6)37(52)23(3)13-12-14-24(4)44(57)47-36(40(32)55)35(34)49-46/h12-15,20,22-23,25-27,30,37-38,41,48,52-55H,16-19,21H2,1-11H3/b13-12+,20-15+,24-14-,47-36?/t23-,25-,26+,27-,30+,37+,38-,41-,45-/m1/s1. The van der Waals surface area contributed by atoms with Crippen LogP contribution in [-0.4, -0.2) is 106 Å². The van der Waals surface area contributed by atoms with E-state index in [-0.39, 0.29) is 49.7 Å². The number of phenols is 2. The summed E-state index contributed by atoms with van der Waals surface area (Å²) in [5.74, 6) is -6.57. The molecule has 61 heavy (non-hydrogen) atoms. The van der Waals surface area contributed by atoms with Crippen molar-refractivity contribution in [3.05, 3.63) is 58.0 Å². The van der Waals surface area contributed by atoms with Gasteiger partial charge in [-0.1, -0.05) is 59.8 Å². The Kier molecular flexibility index (Phi) is 13.1. The SMILES string of the molecule is CO[C@H]1/C=C/O[C@]2(C)Oc3c(C)c(O)c4c(O)c(c5c(c4c3C2=O)NC2(CCN(CC(C)C)CC2)N=5)=NC(=O)/C(C)=C\C=C\[C@@H](C)[C@H](O)[C@H](C)[C@@H](O)[C@@H](C)[C@H](OC(C)=O)[C@@H]1C. The molecule has 332 valence electrons. The summed E-state index contributed by atoms with van der Waals surface area (Å²) in [5.41, 5.74) is -0.111. The van der Waals surface area contributed by atoms with Crippen molar-refractivity contribution in [1.29, 1.82) is 0 Å². The minimum Gasteiger partial charge on any atom is -0.507 e. The fraction of sp³-hybridized carbons (Fsp3) is 0.587. The van der Waals surface area contributed by atoms with E-state index in [4.69, 9.17) is 23.9 Å². The van der Waals surface area contributed by atoms with Crippen LogP contribution in [0.4, 0.5) is 5.69 Å². The van der Waals surface area contributed by atoms with Crippen LogP contribution in [0.1, 0.15) is 91.1 Å². The molecule has 9 atom stereocenters. The Morgan fingerprint density at radius 3 is 2.28 bits per heavy atom. The number of allylic oxidation sites excluding steroid dienone is 2. The summed E-state index contributed by atoms with van der Waals surface area (Å²) >= 11 is 0. The Balaban J connectivity index is 1.55. The Bertz CT molecular complexity index is 2300. The first-order valence-electron chi connectivity index (χ1n) is 21.2. The van der Waals surface area contributed by atoms with Gasteiger partial charge in [-0.25, -0.2) is 4.99 Å². The van der Waals surface area contributed by atoms with E-state index in [1.54, 1.807) is 65.8 Å². The molecule has 15 heteroatoms. The third kappa shape index (κ3) is 8.54. The Morgan fingerprint density at radius 2 is 1.66 bits per heavy atom. The number of likely N-dealkylation sites (tertiary alicyclic amines) is 1. The highest BCUT2D eigenvalue weighted by Crippen LogP contribution is 2.51. The second-order valence-corrected chi connectivity index (χ2v) is 18.0. The molecule has 15 nitrogen and oxygen atoms in total. The molecule has 2 aromatic rings. The van der Waals surface area contributed by atoms with E-state index in [1.165, 1.54) is 27.2 Å². The highest BCUT2D eigenvalue weighted by molar-refractivity contribution is 6.21. The molecule has 1 amide bonds. The summed E-state index contributed by atoms with van der Waals surface area (Å²) in [4.78, 5) is 52.9. The monoisotopic (exact) mass is 846 g/mol. The number of aliphatic hydroxyl groups excluding tert-OH is 2. The number of phenolic OH excluding ortho intramolecular Hbond substituents is 2. The van der Waals surface area contributed by atoms with Crippen LogP contribution in [0.3, 0.4) is 0 Å². The molecule has 0 aromatic heterocycles. The Morgan fingerprint density at radius 1 is 0.984 bits per heavy atom. The summed E-state index contributed by atoms with van der Waals surface area (Å²) < 4.78 is 24.0. The summed E-state index contributed by atoms with van der Waals surface area (Å²) in [6, 6.07) is 0. The van der Waals surface area contributed by atoms with E-state index < -0.39 is 82.9 Å². The number of ketones is 1. The van der Waals surface area contributed by atoms with Gasteiger partial charge in [0, 0.05) is 93.6 Å². The predicted molar refractivity (Wildman–Crippen MR) is 228 cm³/mol. The number of amides is 1. The van der Waals surface area contributed by atoms with Crippen molar-refractivity contribution in [2.24, 2.45) is 39.6 Å². The molecule has 1 fully saturated rings. The van der Waals surface area contributed by atoms with Crippen molar-refractivity contribution in [3.8, 4) is 17.2 Å². The smallest absolute Gasteiger partial charge is 0.312 e. The average Bonchev–Trinajstić information content (AvgIpc) is 3.71. The van der Waals surface area contributed by atoms with E-state index in [0.29, 0.717) is 24.4 Å². The number of aromatic hydroxyl groups is 2. The van der Waals surface area contributed by atoms with Gasteiger partial charge in [-0.3, -0.25) is 19.4 Å². The van der Waals surface area contributed by atoms with Gasteiger partial charge < -0.3 is 49.6 Å². The molecule has 4 bridgehead atoms. The number of nitrogens with one attached hydrogen (secondary N) is 1. The van der Waals surface area contributed by atoms with Gasteiger partial charge in [0.05, 0.1) is 41.2 Å². The minimum absolute atomic E-state index is 0.0538. The van der Waals surface area contributed by atoms with Gasteiger partial charge in [-0.15, -0.1) is 0 Å². The molecule has 1 saturated heterocycles. The van der Waals surface area contributed by atoms with Crippen LogP contribution in [0.15, 0.2) is 46.1 Å². The van der Waals surface area contributed by atoms with Crippen molar-refractivity contribution in [2.45, 2.75) is 118 Å². The molecule has 0 aliphatic carbocycles. The van der Waals surface area contributed by atoms with Gasteiger partial charge in [0.1, 0.15) is 34.0 Å². The maximum Gasteiger partial charge on any atom is 0.312 e. The maximum absolute atomic E-state index is 14.7. The van der Waals surface area contributed by atoms with Crippen molar-refractivity contribution in [1.82, 2.24) is 4.90 Å². The number of rotatable bonds is 4. The molecule has 1 spiro atoms. The number of esters is 1. The number of carbonyl (C=O) groups is 3. The number of fused-ring (bicyclic) bond motifs is 1. The molecule has 6 rings (SSSR count). The van der Waals surface area contributed by atoms with Crippen LogP contribution in [0.2, 0.25) is 0 Å². The number of methoxy groups -OCH3 is 1. The zero-order valence-electron chi connectivity index (χ0n) is 37.1. The Labute approximate surface area is 356 Å². The van der Waals surface area contributed by atoms with Crippen molar-refractivity contribution >= 4 is 34.1 Å². The quantitative estimate of drug-likeness (QED) is 0.208. The number of hydrogen-bond acceptors (Lipinski definition) is 14. The molecule has 5 N–H and O–H groups in total. The van der Waals surface area contributed by atoms with Gasteiger partial charge in [0.25, 0.3) is 11.7 Å². The fourth-order valence-corrected chi connectivity index (χ4v) is 9.24. The summed E-state index contributed by atoms with van der Waals surface area (Å²) in [6.45, 7) is 19.6. The third-order valence-corrected chi connectivity index (χ3v) is 12.9. The fourth-order valence-electron chi connectivity index (χ4n) is 9.24. The van der Waals surface area contributed by atoms with Gasteiger partial charge in [-0.2, -0.15) is 0 Å². The van der Waals surface area contributed by atoms with E-state index in [1.807, 2.05) is 0 Å². The van der Waals surface area contributed by atoms with Crippen LogP contribution in [0.25, 0.3) is 10.8 Å². The number of anilines is 1. The van der Waals surface area contributed by atoms with E-state index in [0.717, 1.165) is 19.6 Å². The van der Waals surface area contributed by atoms with Crippen LogP contribution < -0.4 is 20.8 Å². The van der Waals surface area contributed by atoms with E-state index >= 15 is 0 Å². The van der Waals surface area contributed by atoms with Crippen LogP contribution in [-0.2, 0) is 23.8 Å². The van der Waals surface area contributed by atoms with Gasteiger partial charge in [0.15, 0.2) is 5.75 Å². The Hall–Kier alpha value is -4.83. The zero-order valence-corrected chi connectivity index (χ0v) is 37.1. The minimum atomic E-state index is -1.95. The molecule has 0 radical (unpaired) electrons. The lowest BCUT2D eigenvalue weighted by Gasteiger charge is -2.38. The normalized spacial score (nSPS) is 32.7. The zero-order chi connectivity index (χ0) is 44.9. The number of nitrogens with zero attached hydrogens (tertiary/aromatic N) is 3. The lowest BCUT2D eigenvalue weighted by Crippen LogP contribution is -2.47. The topological polar surface area (TPSA) is 209 Å². The number of hydrogen-bond donors (Lipinski definition) is 5. The van der Waals surface area contributed by atoms with Gasteiger partial charge in [-0.05, 0) is 25.8 Å². The molecule has 4 aliphatic rings. The van der Waals surface area contributed by atoms with Crippen LogP contribution in [0, 0.1) is 36.5 Å². The predicted octanol–water partition coefficient (Wildman–Crippen LogP) is 4.75. The highest BCUT2D eigenvalue weighted by atomic mass is 16.7.